The number of carboxylic acids is 1. The average molecular weight is 289 g/mol. The van der Waals surface area contributed by atoms with E-state index in [-0.39, 0.29) is 18.9 Å². The number of carbonyl (C=O) groups excluding carboxylic acids is 1. The molecule has 5 atom stereocenters. The topological polar surface area (TPSA) is 145 Å². The van der Waals surface area contributed by atoms with E-state index in [1.54, 1.807) is 13.8 Å². The van der Waals surface area contributed by atoms with E-state index in [4.69, 9.17) is 5.73 Å². The first kappa shape index (κ1) is 16.8. The summed E-state index contributed by atoms with van der Waals surface area (Å²) in [5.74, 6) is -1.87. The van der Waals surface area contributed by atoms with Crippen LogP contribution in [0.15, 0.2) is 0 Å². The van der Waals surface area contributed by atoms with Crippen LogP contribution in [0.1, 0.15) is 20.3 Å². The Balaban J connectivity index is 2.70. The molecule has 4 unspecified atom stereocenters. The maximum Gasteiger partial charge on any atom is 0.327 e. The highest BCUT2D eigenvalue weighted by molar-refractivity contribution is 5.87. The summed E-state index contributed by atoms with van der Waals surface area (Å²) in [6, 6.07) is -2.65. The lowest BCUT2D eigenvalue weighted by Crippen LogP contribution is -2.62. The van der Waals surface area contributed by atoms with Crippen LogP contribution in [-0.4, -0.2) is 64.1 Å². The largest absolute Gasteiger partial charge is 0.480 e. The molecule has 8 nitrogen and oxygen atoms in total. The van der Waals surface area contributed by atoms with E-state index < -0.39 is 42.2 Å². The molecule has 0 radical (unpaired) electrons. The van der Waals surface area contributed by atoms with Crippen molar-refractivity contribution in [2.24, 2.45) is 11.7 Å². The molecule has 8 heteroatoms. The van der Waals surface area contributed by atoms with Crippen molar-refractivity contribution in [1.82, 2.24) is 10.6 Å². The molecule has 116 valence electrons. The highest BCUT2D eigenvalue weighted by atomic mass is 16.4. The Kier molecular flexibility index (Phi) is 5.88. The van der Waals surface area contributed by atoms with E-state index >= 15 is 0 Å². The van der Waals surface area contributed by atoms with Gasteiger partial charge < -0.3 is 31.7 Å². The Hall–Kier alpha value is -1.22. The van der Waals surface area contributed by atoms with Gasteiger partial charge in [-0.15, -0.1) is 0 Å². The highest BCUT2D eigenvalue weighted by Crippen LogP contribution is 2.13. The van der Waals surface area contributed by atoms with Gasteiger partial charge in [-0.3, -0.25) is 4.79 Å². The van der Waals surface area contributed by atoms with Crippen LogP contribution in [0.4, 0.5) is 0 Å². The Labute approximate surface area is 117 Å². The van der Waals surface area contributed by atoms with E-state index in [9.17, 15) is 24.9 Å². The van der Waals surface area contributed by atoms with Crippen molar-refractivity contribution in [3.05, 3.63) is 0 Å². The van der Waals surface area contributed by atoms with Gasteiger partial charge in [0.05, 0.1) is 18.2 Å². The lowest BCUT2D eigenvalue weighted by Gasteiger charge is -2.35. The number of aliphatic hydroxyl groups excluding tert-OH is 2. The summed E-state index contributed by atoms with van der Waals surface area (Å²) in [5, 5.41) is 33.4. The lowest BCUT2D eigenvalue weighted by atomic mass is 9.93. The van der Waals surface area contributed by atoms with Gasteiger partial charge in [-0.25, -0.2) is 4.79 Å². The number of aliphatic carboxylic acids is 1. The third-order valence-electron chi connectivity index (χ3n) is 3.52. The third kappa shape index (κ3) is 4.14. The Morgan fingerprint density at radius 3 is 2.35 bits per heavy atom. The number of nitrogens with two attached hydrogens (primary N) is 1. The van der Waals surface area contributed by atoms with Crippen molar-refractivity contribution in [3.63, 3.8) is 0 Å². The van der Waals surface area contributed by atoms with Crippen molar-refractivity contribution < 1.29 is 24.9 Å². The van der Waals surface area contributed by atoms with Crippen LogP contribution >= 0.6 is 0 Å². The fourth-order valence-corrected chi connectivity index (χ4v) is 2.05. The van der Waals surface area contributed by atoms with Crippen LogP contribution in [0.5, 0.6) is 0 Å². The molecule has 0 saturated carbocycles. The van der Waals surface area contributed by atoms with Gasteiger partial charge in [0.1, 0.15) is 6.04 Å². The minimum atomic E-state index is -1.21. The minimum absolute atomic E-state index is 0.0370. The summed E-state index contributed by atoms with van der Waals surface area (Å²) in [4.78, 5) is 23.1. The van der Waals surface area contributed by atoms with Crippen molar-refractivity contribution in [3.8, 4) is 0 Å². The van der Waals surface area contributed by atoms with Crippen LogP contribution in [0.25, 0.3) is 0 Å². The van der Waals surface area contributed by atoms with E-state index in [1.165, 1.54) is 0 Å². The molecule has 0 aromatic carbocycles. The predicted molar refractivity (Wildman–Crippen MR) is 70.8 cm³/mol. The van der Waals surface area contributed by atoms with Crippen molar-refractivity contribution >= 4 is 11.9 Å². The summed E-state index contributed by atoms with van der Waals surface area (Å²) >= 11 is 0. The molecule has 0 aliphatic carbocycles. The second-order valence-electron chi connectivity index (χ2n) is 5.48. The Morgan fingerprint density at radius 2 is 1.90 bits per heavy atom. The molecule has 1 heterocycles. The highest BCUT2D eigenvalue weighted by Gasteiger charge is 2.37. The number of β-amino-alcohol motifs (C(OH)–C–C–N with tert-alkyl or cyclic N) is 1. The van der Waals surface area contributed by atoms with Gasteiger partial charge in [0, 0.05) is 12.6 Å². The van der Waals surface area contributed by atoms with Gasteiger partial charge in [-0.05, 0) is 12.3 Å². The molecule has 0 aromatic heterocycles. The van der Waals surface area contributed by atoms with E-state index in [1.807, 2.05) is 0 Å². The molecule has 1 fully saturated rings. The normalized spacial score (nSPS) is 29.8. The second-order valence-corrected chi connectivity index (χ2v) is 5.48. The number of hydrogen-bond donors (Lipinski definition) is 6. The smallest absolute Gasteiger partial charge is 0.327 e. The molecular weight excluding hydrogens is 266 g/mol. The van der Waals surface area contributed by atoms with Gasteiger partial charge >= 0.3 is 5.97 Å². The van der Waals surface area contributed by atoms with Gasteiger partial charge in [-0.1, -0.05) is 13.8 Å². The molecule has 1 saturated heterocycles. The number of aliphatic hydroxyl groups is 2. The zero-order valence-corrected chi connectivity index (χ0v) is 11.6. The first-order chi connectivity index (χ1) is 9.23. The summed E-state index contributed by atoms with van der Waals surface area (Å²) < 4.78 is 0. The number of carboxylic acid groups (broad SMARTS) is 1. The summed E-state index contributed by atoms with van der Waals surface area (Å²) in [7, 11) is 0. The van der Waals surface area contributed by atoms with E-state index in [0.717, 1.165) is 0 Å². The molecular formula is C12H23N3O5. The number of carbonyl (C=O) groups is 2. The van der Waals surface area contributed by atoms with Crippen molar-refractivity contribution in [2.75, 3.05) is 6.54 Å². The monoisotopic (exact) mass is 289 g/mol. The molecule has 0 spiro atoms. The maximum atomic E-state index is 11.8. The zero-order chi connectivity index (χ0) is 15.4. The first-order valence-electron chi connectivity index (χ1n) is 6.62. The standard InChI is InChI=1S/C12H23N3O5/c1-5(2)9(13)11(18)15-10(12(19)20)6-3-7(16)8(17)4-14-6/h5-10,14,16-17H,3-4,13H2,1-2H3,(H,15,18)(H,19,20)/t6?,7?,8?,9-,10?/m0/s1. The minimum Gasteiger partial charge on any atom is -0.480 e. The van der Waals surface area contributed by atoms with Gasteiger partial charge in [0.2, 0.25) is 5.91 Å². The van der Waals surface area contributed by atoms with Crippen LogP contribution in [0, 0.1) is 5.92 Å². The quantitative estimate of drug-likeness (QED) is 0.331. The first-order valence-corrected chi connectivity index (χ1v) is 6.62. The Morgan fingerprint density at radius 1 is 1.30 bits per heavy atom. The zero-order valence-electron chi connectivity index (χ0n) is 11.6. The molecule has 1 amide bonds. The number of hydrogen-bond acceptors (Lipinski definition) is 6. The van der Waals surface area contributed by atoms with Crippen LogP contribution in [0.2, 0.25) is 0 Å². The molecule has 1 aliphatic rings. The molecule has 20 heavy (non-hydrogen) atoms. The van der Waals surface area contributed by atoms with Crippen molar-refractivity contribution in [1.29, 1.82) is 0 Å². The molecule has 1 aliphatic heterocycles. The number of rotatable bonds is 5. The lowest BCUT2D eigenvalue weighted by molar-refractivity contribution is -0.144. The fraction of sp³-hybridized carbons (Fsp3) is 0.833. The van der Waals surface area contributed by atoms with Crippen LogP contribution < -0.4 is 16.4 Å². The molecule has 0 bridgehead atoms. The summed E-state index contributed by atoms with van der Waals surface area (Å²) in [5.41, 5.74) is 5.67. The van der Waals surface area contributed by atoms with E-state index in [2.05, 4.69) is 10.6 Å². The Bertz CT molecular complexity index is 363. The predicted octanol–water partition coefficient (Wildman–Crippen LogP) is -2.38. The van der Waals surface area contributed by atoms with Crippen molar-refractivity contribution in [2.45, 2.75) is 50.6 Å². The third-order valence-corrected chi connectivity index (χ3v) is 3.52. The summed E-state index contributed by atoms with van der Waals surface area (Å²) in [6.45, 7) is 3.60. The average Bonchev–Trinajstić information content (AvgIpc) is 2.37. The van der Waals surface area contributed by atoms with Gasteiger partial charge in [-0.2, -0.15) is 0 Å². The summed E-state index contributed by atoms with van der Waals surface area (Å²) in [6.07, 6.45) is -1.91. The second kappa shape index (κ2) is 6.98. The van der Waals surface area contributed by atoms with Crippen LogP contribution in [0.3, 0.4) is 0 Å². The molecule has 0 aromatic rings. The fourth-order valence-electron chi connectivity index (χ4n) is 2.05. The molecule has 7 N–H and O–H groups in total. The van der Waals surface area contributed by atoms with Gasteiger partial charge in [0.25, 0.3) is 0 Å². The number of amides is 1. The molecule has 1 rings (SSSR count). The maximum absolute atomic E-state index is 11.8. The van der Waals surface area contributed by atoms with Gasteiger partial charge in [0.15, 0.2) is 0 Å². The number of nitrogens with one attached hydrogen (secondary N) is 2. The van der Waals surface area contributed by atoms with Crippen LogP contribution in [-0.2, 0) is 9.59 Å². The van der Waals surface area contributed by atoms with E-state index in [0.29, 0.717) is 0 Å². The SMILES string of the molecule is CC(C)[C@H](N)C(=O)NC(C(=O)O)C1CC(O)C(O)CN1. The number of piperidine rings is 1.